The van der Waals surface area contributed by atoms with Gasteiger partial charge in [0.05, 0.1) is 20.3 Å². The second-order valence-corrected chi connectivity index (χ2v) is 7.79. The number of hydrogen-bond donors (Lipinski definition) is 0. The summed E-state index contributed by atoms with van der Waals surface area (Å²) in [4.78, 5) is 41.1. The zero-order valence-corrected chi connectivity index (χ0v) is 20.6. The van der Waals surface area contributed by atoms with E-state index in [1.807, 2.05) is 13.8 Å². The van der Waals surface area contributed by atoms with Gasteiger partial charge in [-0.05, 0) is 57.9 Å². The first kappa shape index (κ1) is 26.1. The normalized spacial score (nSPS) is 11.7. The number of benzene rings is 1. The molecule has 0 aliphatic heterocycles. The Kier molecular flexibility index (Phi) is 9.22. The minimum atomic E-state index is -0.754. The van der Waals surface area contributed by atoms with Crippen molar-refractivity contribution in [3.63, 3.8) is 0 Å². The second kappa shape index (κ2) is 11.7. The number of carbonyl (C=O) groups is 3. The highest BCUT2D eigenvalue weighted by atomic mass is 16.5. The molecule has 0 bridgehead atoms. The van der Waals surface area contributed by atoms with E-state index in [1.54, 1.807) is 54.7 Å². The molecular formula is C25H34N2O6. The summed E-state index contributed by atoms with van der Waals surface area (Å²) in [6.07, 6.45) is 0.575. The van der Waals surface area contributed by atoms with Crippen LogP contribution in [0.4, 0.5) is 0 Å². The molecule has 33 heavy (non-hydrogen) atoms. The van der Waals surface area contributed by atoms with Gasteiger partial charge in [0.2, 0.25) is 0 Å². The first-order chi connectivity index (χ1) is 15.7. The molecule has 0 saturated carbocycles. The van der Waals surface area contributed by atoms with Crippen molar-refractivity contribution >= 4 is 17.7 Å². The lowest BCUT2D eigenvalue weighted by Crippen LogP contribution is -2.44. The second-order valence-electron chi connectivity index (χ2n) is 7.79. The minimum absolute atomic E-state index is 0.226. The third-order valence-corrected chi connectivity index (χ3v) is 5.88. The van der Waals surface area contributed by atoms with Gasteiger partial charge in [-0.3, -0.25) is 9.59 Å². The van der Waals surface area contributed by atoms with Gasteiger partial charge in [0, 0.05) is 43.6 Å². The van der Waals surface area contributed by atoms with E-state index in [2.05, 4.69) is 0 Å². The summed E-state index contributed by atoms with van der Waals surface area (Å²) in [5, 5.41) is 0. The number of amides is 1. The maximum atomic E-state index is 13.7. The Morgan fingerprint density at radius 1 is 1.12 bits per heavy atom. The summed E-state index contributed by atoms with van der Waals surface area (Å²) in [7, 11) is 4.45. The van der Waals surface area contributed by atoms with E-state index in [-0.39, 0.29) is 11.7 Å². The van der Waals surface area contributed by atoms with Crippen LogP contribution in [0.15, 0.2) is 24.3 Å². The number of ether oxygens (including phenoxy) is 3. The van der Waals surface area contributed by atoms with E-state index < -0.39 is 12.0 Å². The Labute approximate surface area is 195 Å². The van der Waals surface area contributed by atoms with Crippen LogP contribution < -0.4 is 4.74 Å². The summed E-state index contributed by atoms with van der Waals surface area (Å²) in [6, 6.07) is 6.10. The van der Waals surface area contributed by atoms with Gasteiger partial charge in [-0.1, -0.05) is 6.07 Å². The number of rotatable bonds is 11. The molecule has 0 aliphatic rings. The Hall–Kier alpha value is -3.13. The van der Waals surface area contributed by atoms with Crippen molar-refractivity contribution in [3.8, 4) is 5.75 Å². The lowest BCUT2D eigenvalue weighted by atomic mass is 9.99. The van der Waals surface area contributed by atoms with Crippen LogP contribution in [-0.2, 0) is 16.0 Å². The van der Waals surface area contributed by atoms with Gasteiger partial charge in [-0.15, -0.1) is 0 Å². The molecule has 180 valence electrons. The zero-order valence-electron chi connectivity index (χ0n) is 20.6. The molecule has 8 heteroatoms. The maximum absolute atomic E-state index is 13.7. The smallest absolute Gasteiger partial charge is 0.354 e. The lowest BCUT2D eigenvalue weighted by molar-refractivity contribution is 0.0585. The molecule has 1 aromatic carbocycles. The molecule has 1 amide bonds. The number of nitrogens with zero attached hydrogens (tertiary/aromatic N) is 2. The number of carbonyl (C=O) groups excluding carboxylic acids is 3. The first-order valence-electron chi connectivity index (χ1n) is 11.0. The number of aromatic nitrogens is 1. The van der Waals surface area contributed by atoms with E-state index in [9.17, 15) is 14.4 Å². The summed E-state index contributed by atoms with van der Waals surface area (Å²) in [5.74, 6) is -0.431. The molecule has 1 atom stereocenters. The van der Waals surface area contributed by atoms with E-state index >= 15 is 0 Å². The van der Waals surface area contributed by atoms with Gasteiger partial charge in [0.1, 0.15) is 11.4 Å². The number of ketones is 1. The average Bonchev–Trinajstić information content (AvgIpc) is 3.09. The highest BCUT2D eigenvalue weighted by molar-refractivity contribution is 6.07. The van der Waals surface area contributed by atoms with Gasteiger partial charge < -0.3 is 23.7 Å². The Morgan fingerprint density at radius 3 is 2.39 bits per heavy atom. The highest BCUT2D eigenvalue weighted by Crippen LogP contribution is 2.26. The maximum Gasteiger partial charge on any atom is 0.354 e. The highest BCUT2D eigenvalue weighted by Gasteiger charge is 2.33. The minimum Gasteiger partial charge on any atom is -0.497 e. The van der Waals surface area contributed by atoms with Gasteiger partial charge in [0.25, 0.3) is 5.91 Å². The first-order valence-corrected chi connectivity index (χ1v) is 11.0. The van der Waals surface area contributed by atoms with Crippen LogP contribution in [0.2, 0.25) is 0 Å². The van der Waals surface area contributed by atoms with E-state index in [0.717, 1.165) is 0 Å². The van der Waals surface area contributed by atoms with Crippen LogP contribution in [0.1, 0.15) is 62.7 Å². The van der Waals surface area contributed by atoms with Crippen LogP contribution in [0.25, 0.3) is 0 Å². The molecule has 0 N–H and O–H groups in total. The molecule has 2 aromatic rings. The molecular weight excluding hydrogens is 424 g/mol. The summed E-state index contributed by atoms with van der Waals surface area (Å²) in [6.45, 7) is 8.48. The quantitative estimate of drug-likeness (QED) is 0.290. The molecule has 0 saturated heterocycles. The van der Waals surface area contributed by atoms with Crippen molar-refractivity contribution in [2.75, 3.05) is 34.5 Å². The number of hydrogen-bond acceptors (Lipinski definition) is 6. The van der Waals surface area contributed by atoms with Crippen molar-refractivity contribution in [1.82, 2.24) is 9.47 Å². The fourth-order valence-electron chi connectivity index (χ4n) is 4.14. The summed E-state index contributed by atoms with van der Waals surface area (Å²) >= 11 is 0. The summed E-state index contributed by atoms with van der Waals surface area (Å²) < 4.78 is 17.1. The molecule has 0 aliphatic carbocycles. The van der Waals surface area contributed by atoms with Crippen LogP contribution in [0, 0.1) is 13.8 Å². The third kappa shape index (κ3) is 5.45. The predicted molar refractivity (Wildman–Crippen MR) is 125 cm³/mol. The number of Topliss-reactive ketones (excluding diaryl/α,β-unsaturated/α-hetero) is 1. The topological polar surface area (TPSA) is 87.1 Å². The zero-order chi connectivity index (χ0) is 24.7. The molecule has 1 aromatic heterocycles. The molecule has 0 radical (unpaired) electrons. The number of methoxy groups -OCH3 is 3. The van der Waals surface area contributed by atoms with Crippen molar-refractivity contribution in [2.24, 2.45) is 0 Å². The number of esters is 1. The molecule has 8 nitrogen and oxygen atoms in total. The average molecular weight is 459 g/mol. The molecule has 1 heterocycles. The largest absolute Gasteiger partial charge is 0.497 e. The Balaban J connectivity index is 2.49. The van der Waals surface area contributed by atoms with Crippen molar-refractivity contribution in [3.05, 3.63) is 52.3 Å². The predicted octanol–water partition coefficient (Wildman–Crippen LogP) is 3.67. The van der Waals surface area contributed by atoms with Gasteiger partial charge >= 0.3 is 5.97 Å². The monoisotopic (exact) mass is 458 g/mol. The van der Waals surface area contributed by atoms with Gasteiger partial charge in [-0.25, -0.2) is 4.79 Å². The van der Waals surface area contributed by atoms with Crippen molar-refractivity contribution < 1.29 is 28.6 Å². The molecule has 0 fully saturated rings. The van der Waals surface area contributed by atoms with E-state index in [1.165, 1.54) is 14.2 Å². The standard InChI is InChI=1S/C25H34N2O6/c1-8-26-17(3)21(16(2)22(26)25(30)33-7)23(28)18(4)27(13-10-14-31-5)24(29)19-11-9-12-20(15-19)32-6/h9,11-12,15,18H,8,10,13-14H2,1-7H3. The van der Waals surface area contributed by atoms with E-state index in [0.29, 0.717) is 59.9 Å². The fourth-order valence-corrected chi connectivity index (χ4v) is 4.14. The Morgan fingerprint density at radius 2 is 1.82 bits per heavy atom. The van der Waals surface area contributed by atoms with Gasteiger partial charge in [0.15, 0.2) is 5.78 Å². The lowest BCUT2D eigenvalue weighted by Gasteiger charge is -2.29. The SMILES string of the molecule is CCn1c(C)c(C(=O)C(C)N(CCCOC)C(=O)c2cccc(OC)c2)c(C)c1C(=O)OC. The van der Waals surface area contributed by atoms with Crippen molar-refractivity contribution in [1.29, 1.82) is 0 Å². The molecule has 1 unspecified atom stereocenters. The summed E-state index contributed by atoms with van der Waals surface area (Å²) in [5.41, 5.74) is 2.47. The van der Waals surface area contributed by atoms with Crippen molar-refractivity contribution in [2.45, 2.75) is 46.7 Å². The van der Waals surface area contributed by atoms with Crippen LogP contribution in [0.3, 0.4) is 0 Å². The Bertz CT molecular complexity index is 1010. The third-order valence-electron chi connectivity index (χ3n) is 5.88. The fraction of sp³-hybridized carbons (Fsp3) is 0.480. The van der Waals surface area contributed by atoms with Crippen LogP contribution in [0.5, 0.6) is 5.75 Å². The van der Waals surface area contributed by atoms with Crippen LogP contribution >= 0.6 is 0 Å². The van der Waals surface area contributed by atoms with Crippen LogP contribution in [-0.4, -0.2) is 67.6 Å². The molecule has 2 rings (SSSR count). The van der Waals surface area contributed by atoms with Gasteiger partial charge in [-0.2, -0.15) is 0 Å². The van der Waals surface area contributed by atoms with E-state index in [4.69, 9.17) is 14.2 Å². The molecule has 0 spiro atoms.